The summed E-state index contributed by atoms with van der Waals surface area (Å²) in [6, 6.07) is 11.7. The van der Waals surface area contributed by atoms with Gasteiger partial charge in [0.05, 0.1) is 11.3 Å². The summed E-state index contributed by atoms with van der Waals surface area (Å²) < 4.78 is 8.09. The summed E-state index contributed by atoms with van der Waals surface area (Å²) in [4.78, 5) is 34.2. The minimum atomic E-state index is -0.0243. The van der Waals surface area contributed by atoms with Crippen LogP contribution in [-0.4, -0.2) is 70.3 Å². The highest BCUT2D eigenvalue weighted by Crippen LogP contribution is 2.21. The lowest BCUT2D eigenvalue weighted by Gasteiger charge is -2.34. The van der Waals surface area contributed by atoms with Crippen LogP contribution in [0.15, 0.2) is 51.7 Å². The van der Waals surface area contributed by atoms with E-state index in [9.17, 15) is 9.59 Å². The van der Waals surface area contributed by atoms with Gasteiger partial charge in [-0.1, -0.05) is 30.0 Å². The van der Waals surface area contributed by atoms with Crippen LogP contribution in [0.3, 0.4) is 0 Å². The first-order chi connectivity index (χ1) is 15.2. The Bertz CT molecular complexity index is 1080. The molecular formula is C22H26N4O3S2. The van der Waals surface area contributed by atoms with Crippen molar-refractivity contribution in [3.63, 3.8) is 0 Å². The van der Waals surface area contributed by atoms with Gasteiger partial charge in [0.25, 0.3) is 5.56 Å². The SMILES string of the molecule is CCn1c(SCC(=O)N2CCN(CCOc3ccccc3)CC2)nc2ccsc2c1=O. The van der Waals surface area contributed by atoms with Gasteiger partial charge in [-0.15, -0.1) is 11.3 Å². The maximum atomic E-state index is 12.7. The maximum Gasteiger partial charge on any atom is 0.272 e. The van der Waals surface area contributed by atoms with Gasteiger partial charge in [0.1, 0.15) is 17.1 Å². The van der Waals surface area contributed by atoms with Gasteiger partial charge in [-0.25, -0.2) is 4.98 Å². The van der Waals surface area contributed by atoms with E-state index in [1.165, 1.54) is 23.1 Å². The number of rotatable bonds is 8. The molecule has 2 aromatic heterocycles. The number of thioether (sulfide) groups is 1. The molecule has 1 saturated heterocycles. The van der Waals surface area contributed by atoms with Crippen molar-refractivity contribution in [1.29, 1.82) is 0 Å². The molecule has 31 heavy (non-hydrogen) atoms. The van der Waals surface area contributed by atoms with Gasteiger partial charge in [0.15, 0.2) is 5.16 Å². The van der Waals surface area contributed by atoms with E-state index in [0.717, 1.165) is 25.4 Å². The van der Waals surface area contributed by atoms with E-state index in [4.69, 9.17) is 4.74 Å². The number of fused-ring (bicyclic) bond motifs is 1. The van der Waals surface area contributed by atoms with Gasteiger partial charge in [0, 0.05) is 39.3 Å². The topological polar surface area (TPSA) is 67.7 Å². The van der Waals surface area contributed by atoms with Crippen LogP contribution in [0.25, 0.3) is 10.2 Å². The summed E-state index contributed by atoms with van der Waals surface area (Å²) in [5.74, 6) is 1.26. The number of ether oxygens (including phenoxy) is 1. The molecule has 0 spiro atoms. The Kier molecular flexibility index (Phi) is 7.26. The number of para-hydroxylation sites is 1. The molecule has 4 rings (SSSR count). The van der Waals surface area contributed by atoms with E-state index in [1.807, 2.05) is 53.6 Å². The van der Waals surface area contributed by atoms with Gasteiger partial charge >= 0.3 is 0 Å². The second-order valence-electron chi connectivity index (χ2n) is 7.25. The zero-order chi connectivity index (χ0) is 21.6. The van der Waals surface area contributed by atoms with Crippen LogP contribution in [0, 0.1) is 0 Å². The monoisotopic (exact) mass is 458 g/mol. The highest BCUT2D eigenvalue weighted by Gasteiger charge is 2.22. The Morgan fingerprint density at radius 2 is 1.94 bits per heavy atom. The minimum absolute atomic E-state index is 0.0243. The van der Waals surface area contributed by atoms with E-state index in [0.29, 0.717) is 47.4 Å². The average molecular weight is 459 g/mol. The zero-order valence-electron chi connectivity index (χ0n) is 17.5. The second kappa shape index (κ2) is 10.3. The third-order valence-electron chi connectivity index (χ3n) is 5.32. The van der Waals surface area contributed by atoms with Crippen molar-refractivity contribution in [1.82, 2.24) is 19.4 Å². The summed E-state index contributed by atoms with van der Waals surface area (Å²) in [5.41, 5.74) is 0.685. The number of carbonyl (C=O) groups excluding carboxylic acids is 1. The summed E-state index contributed by atoms with van der Waals surface area (Å²) in [6.07, 6.45) is 0. The van der Waals surface area contributed by atoms with Crippen LogP contribution >= 0.6 is 23.1 Å². The predicted octanol–water partition coefficient (Wildman–Crippen LogP) is 2.79. The van der Waals surface area contributed by atoms with E-state index in [1.54, 1.807) is 4.57 Å². The third kappa shape index (κ3) is 5.28. The van der Waals surface area contributed by atoms with E-state index in [-0.39, 0.29) is 11.5 Å². The van der Waals surface area contributed by atoms with Crippen LogP contribution in [0.4, 0.5) is 0 Å². The quantitative estimate of drug-likeness (QED) is 0.382. The van der Waals surface area contributed by atoms with Crippen molar-refractivity contribution in [2.75, 3.05) is 45.1 Å². The average Bonchev–Trinajstić information content (AvgIpc) is 3.28. The highest BCUT2D eigenvalue weighted by molar-refractivity contribution is 7.99. The highest BCUT2D eigenvalue weighted by atomic mass is 32.2. The molecule has 1 amide bonds. The number of piperazine rings is 1. The lowest BCUT2D eigenvalue weighted by atomic mass is 10.3. The van der Waals surface area contributed by atoms with Gasteiger partial charge in [-0.3, -0.25) is 19.1 Å². The van der Waals surface area contributed by atoms with Crippen LogP contribution in [0.1, 0.15) is 6.92 Å². The van der Waals surface area contributed by atoms with E-state index >= 15 is 0 Å². The Balaban J connectivity index is 1.25. The fourth-order valence-corrected chi connectivity index (χ4v) is 5.30. The van der Waals surface area contributed by atoms with Gasteiger partial charge in [-0.05, 0) is 30.5 Å². The van der Waals surface area contributed by atoms with Crippen molar-refractivity contribution in [3.8, 4) is 5.75 Å². The molecule has 0 radical (unpaired) electrons. The summed E-state index contributed by atoms with van der Waals surface area (Å²) in [6.45, 7) is 7.05. The molecule has 1 fully saturated rings. The number of nitrogens with zero attached hydrogens (tertiary/aromatic N) is 4. The first kappa shape index (κ1) is 21.9. The Morgan fingerprint density at radius 1 is 1.16 bits per heavy atom. The molecule has 164 valence electrons. The van der Waals surface area contributed by atoms with Crippen LogP contribution in [-0.2, 0) is 11.3 Å². The summed E-state index contributed by atoms with van der Waals surface area (Å²) in [5, 5.41) is 2.49. The molecular weight excluding hydrogens is 432 g/mol. The molecule has 1 aliphatic heterocycles. The Morgan fingerprint density at radius 3 is 2.68 bits per heavy atom. The van der Waals surface area contributed by atoms with Crippen molar-refractivity contribution < 1.29 is 9.53 Å². The molecule has 0 N–H and O–H groups in total. The Hall–Kier alpha value is -2.36. The number of carbonyl (C=O) groups is 1. The van der Waals surface area contributed by atoms with Crippen molar-refractivity contribution >= 4 is 39.2 Å². The number of hydrogen-bond donors (Lipinski definition) is 0. The molecule has 1 aromatic carbocycles. The van der Waals surface area contributed by atoms with E-state index in [2.05, 4.69) is 9.88 Å². The number of aromatic nitrogens is 2. The Labute approximate surface area is 189 Å². The first-order valence-electron chi connectivity index (χ1n) is 10.4. The second-order valence-corrected chi connectivity index (χ2v) is 9.11. The minimum Gasteiger partial charge on any atom is -0.492 e. The smallest absolute Gasteiger partial charge is 0.272 e. The molecule has 1 aliphatic rings. The molecule has 0 atom stereocenters. The molecule has 9 heteroatoms. The third-order valence-corrected chi connectivity index (χ3v) is 7.17. The van der Waals surface area contributed by atoms with Crippen molar-refractivity contribution in [2.24, 2.45) is 0 Å². The zero-order valence-corrected chi connectivity index (χ0v) is 19.2. The summed E-state index contributed by atoms with van der Waals surface area (Å²) in [7, 11) is 0. The number of thiophene rings is 1. The van der Waals surface area contributed by atoms with Crippen LogP contribution in [0.5, 0.6) is 5.75 Å². The predicted molar refractivity (Wildman–Crippen MR) is 125 cm³/mol. The standard InChI is InChI=1S/C22H26N4O3S2/c1-2-26-21(28)20-18(8-15-30-20)23-22(26)31-16-19(27)25-11-9-24(10-12-25)13-14-29-17-6-4-3-5-7-17/h3-8,15H,2,9-14,16H2,1H3. The molecule has 0 bridgehead atoms. The summed E-state index contributed by atoms with van der Waals surface area (Å²) >= 11 is 2.76. The van der Waals surface area contributed by atoms with E-state index < -0.39 is 0 Å². The molecule has 0 aliphatic carbocycles. The molecule has 0 saturated carbocycles. The molecule has 0 unspecified atom stereocenters. The van der Waals surface area contributed by atoms with Crippen molar-refractivity contribution in [2.45, 2.75) is 18.6 Å². The number of hydrogen-bond acceptors (Lipinski definition) is 7. The van der Waals surface area contributed by atoms with Crippen LogP contribution < -0.4 is 10.3 Å². The molecule has 7 nitrogen and oxygen atoms in total. The maximum absolute atomic E-state index is 12.7. The van der Waals surface area contributed by atoms with Crippen LogP contribution in [0.2, 0.25) is 0 Å². The fraction of sp³-hybridized carbons (Fsp3) is 0.409. The van der Waals surface area contributed by atoms with Gasteiger partial charge < -0.3 is 9.64 Å². The lowest BCUT2D eigenvalue weighted by Crippen LogP contribution is -2.50. The fourth-order valence-electron chi connectivity index (χ4n) is 3.56. The molecule has 3 aromatic rings. The lowest BCUT2D eigenvalue weighted by molar-refractivity contribution is -0.130. The van der Waals surface area contributed by atoms with Crippen molar-refractivity contribution in [3.05, 3.63) is 52.1 Å². The first-order valence-corrected chi connectivity index (χ1v) is 12.3. The van der Waals surface area contributed by atoms with Gasteiger partial charge in [0.2, 0.25) is 5.91 Å². The normalized spacial score (nSPS) is 14.8. The largest absolute Gasteiger partial charge is 0.492 e. The van der Waals surface area contributed by atoms with Gasteiger partial charge in [-0.2, -0.15) is 0 Å². The number of amides is 1. The number of benzene rings is 1. The molecule has 3 heterocycles.